The third-order valence-electron chi connectivity index (χ3n) is 7.68. The number of fused-ring (bicyclic) bond motifs is 1. The first-order chi connectivity index (χ1) is 17.9. The predicted octanol–water partition coefficient (Wildman–Crippen LogP) is 1.94. The third kappa shape index (κ3) is 5.97. The van der Waals surface area contributed by atoms with Crippen LogP contribution in [0, 0.1) is 0 Å². The Morgan fingerprint density at radius 3 is 2.54 bits per heavy atom. The summed E-state index contributed by atoms with van der Waals surface area (Å²) in [6.07, 6.45) is 2.06. The highest BCUT2D eigenvalue weighted by Gasteiger charge is 2.39. The Kier molecular flexibility index (Phi) is 7.48. The molecule has 3 heterocycles. The highest BCUT2D eigenvalue weighted by molar-refractivity contribution is 6.05. The Balaban J connectivity index is 1.14. The fraction of sp³-hybridized carbons (Fsp3) is 0.448. The van der Waals surface area contributed by atoms with Crippen LogP contribution in [0.5, 0.6) is 0 Å². The maximum Gasteiger partial charge on any atom is 0.255 e. The second kappa shape index (κ2) is 10.9. The molecule has 2 fully saturated rings. The second-order valence-corrected chi connectivity index (χ2v) is 10.5. The lowest BCUT2D eigenvalue weighted by Gasteiger charge is -2.32. The minimum absolute atomic E-state index is 0.177. The van der Waals surface area contributed by atoms with E-state index in [2.05, 4.69) is 34.3 Å². The Morgan fingerprint density at radius 1 is 0.973 bits per heavy atom. The molecule has 3 amide bonds. The first-order valence-electron chi connectivity index (χ1n) is 13.1. The molecule has 5 rings (SSSR count). The van der Waals surface area contributed by atoms with Crippen LogP contribution in [0.25, 0.3) is 0 Å². The average molecular weight is 503 g/mol. The van der Waals surface area contributed by atoms with Crippen molar-refractivity contribution in [3.63, 3.8) is 0 Å². The van der Waals surface area contributed by atoms with Crippen molar-refractivity contribution < 1.29 is 19.2 Å². The predicted molar refractivity (Wildman–Crippen MR) is 139 cm³/mol. The van der Waals surface area contributed by atoms with Gasteiger partial charge < -0.3 is 9.80 Å². The zero-order valence-electron chi connectivity index (χ0n) is 21.4. The standard InChI is InChI=1S/C29H34N4O4/c1-31-11-13-32(14-12-31)18-22-4-2-3-21(15-22)17-24(34)7-5-20-6-8-25-23(16-20)19-33(29(25)37)26-9-10-27(35)30-28(26)36/h2-4,6,8,15-16,26H,5,7,9-14,17-19H2,1H3,(H,30,35,36). The summed E-state index contributed by atoms with van der Waals surface area (Å²) < 4.78 is 0. The summed E-state index contributed by atoms with van der Waals surface area (Å²) in [6, 6.07) is 13.4. The van der Waals surface area contributed by atoms with E-state index in [-0.39, 0.29) is 24.0 Å². The number of nitrogens with one attached hydrogen (secondary N) is 1. The molecule has 0 saturated carbocycles. The van der Waals surface area contributed by atoms with Gasteiger partial charge in [-0.25, -0.2) is 0 Å². The molecule has 0 spiro atoms. The van der Waals surface area contributed by atoms with Gasteiger partial charge in [-0.1, -0.05) is 36.4 Å². The Labute approximate surface area is 217 Å². The van der Waals surface area contributed by atoms with Crippen molar-refractivity contribution >= 4 is 23.5 Å². The Hall–Kier alpha value is -3.36. The zero-order valence-corrected chi connectivity index (χ0v) is 21.4. The molecule has 2 aromatic rings. The number of piperidine rings is 1. The van der Waals surface area contributed by atoms with E-state index in [0.29, 0.717) is 37.8 Å². The van der Waals surface area contributed by atoms with Crippen LogP contribution in [-0.2, 0) is 40.3 Å². The van der Waals surface area contributed by atoms with Gasteiger partial charge in [-0.15, -0.1) is 0 Å². The summed E-state index contributed by atoms with van der Waals surface area (Å²) in [5.74, 6) is -0.683. The van der Waals surface area contributed by atoms with Gasteiger partial charge in [-0.05, 0) is 48.2 Å². The summed E-state index contributed by atoms with van der Waals surface area (Å²) in [7, 11) is 2.15. The van der Waals surface area contributed by atoms with Crippen molar-refractivity contribution in [3.05, 3.63) is 70.3 Å². The van der Waals surface area contributed by atoms with Crippen molar-refractivity contribution in [1.82, 2.24) is 20.0 Å². The van der Waals surface area contributed by atoms with Gasteiger partial charge >= 0.3 is 0 Å². The lowest BCUT2D eigenvalue weighted by atomic mass is 9.99. The highest BCUT2D eigenvalue weighted by atomic mass is 16.2. The van der Waals surface area contributed by atoms with E-state index in [9.17, 15) is 19.2 Å². The highest BCUT2D eigenvalue weighted by Crippen LogP contribution is 2.28. The number of piperazine rings is 1. The summed E-state index contributed by atoms with van der Waals surface area (Å²) in [5, 5.41) is 2.33. The van der Waals surface area contributed by atoms with Gasteiger partial charge in [-0.3, -0.25) is 29.4 Å². The van der Waals surface area contributed by atoms with Gasteiger partial charge in [-0.2, -0.15) is 0 Å². The van der Waals surface area contributed by atoms with Crippen molar-refractivity contribution in [1.29, 1.82) is 0 Å². The number of carbonyl (C=O) groups excluding carboxylic acids is 4. The third-order valence-corrected chi connectivity index (χ3v) is 7.68. The number of imide groups is 1. The van der Waals surface area contributed by atoms with Crippen molar-refractivity contribution in [2.75, 3.05) is 33.2 Å². The first-order valence-corrected chi connectivity index (χ1v) is 13.1. The number of Topliss-reactive ketones (excluding diaryl/α,β-unsaturated/α-hetero) is 1. The van der Waals surface area contributed by atoms with E-state index in [4.69, 9.17) is 0 Å². The van der Waals surface area contributed by atoms with Gasteiger partial charge in [0.25, 0.3) is 5.91 Å². The number of aryl methyl sites for hydroxylation is 1. The monoisotopic (exact) mass is 502 g/mol. The molecule has 37 heavy (non-hydrogen) atoms. The molecule has 1 N–H and O–H groups in total. The van der Waals surface area contributed by atoms with Crippen LogP contribution in [0.4, 0.5) is 0 Å². The molecule has 194 valence electrons. The lowest BCUT2D eigenvalue weighted by molar-refractivity contribution is -0.137. The van der Waals surface area contributed by atoms with Crippen LogP contribution in [0.2, 0.25) is 0 Å². The van der Waals surface area contributed by atoms with Crippen LogP contribution in [0.3, 0.4) is 0 Å². The van der Waals surface area contributed by atoms with Gasteiger partial charge in [0.2, 0.25) is 11.8 Å². The maximum absolute atomic E-state index is 12.9. The average Bonchev–Trinajstić information content (AvgIpc) is 3.20. The van der Waals surface area contributed by atoms with E-state index in [1.54, 1.807) is 11.0 Å². The normalized spacial score (nSPS) is 20.7. The lowest BCUT2D eigenvalue weighted by Crippen LogP contribution is -2.52. The zero-order chi connectivity index (χ0) is 25.9. The summed E-state index contributed by atoms with van der Waals surface area (Å²) >= 11 is 0. The van der Waals surface area contributed by atoms with E-state index in [1.807, 2.05) is 24.3 Å². The quantitative estimate of drug-likeness (QED) is 0.555. The molecule has 8 nitrogen and oxygen atoms in total. The number of nitrogens with zero attached hydrogens (tertiary/aromatic N) is 3. The number of amides is 3. The number of rotatable bonds is 8. The van der Waals surface area contributed by atoms with E-state index in [1.165, 1.54) is 5.56 Å². The number of likely N-dealkylation sites (N-methyl/N-ethyl adjacent to an activating group) is 1. The molecule has 8 heteroatoms. The van der Waals surface area contributed by atoms with E-state index >= 15 is 0 Å². The van der Waals surface area contributed by atoms with Gasteiger partial charge in [0, 0.05) is 64.1 Å². The molecular formula is C29H34N4O4. The smallest absolute Gasteiger partial charge is 0.255 e. The van der Waals surface area contributed by atoms with Gasteiger partial charge in [0.15, 0.2) is 0 Å². The van der Waals surface area contributed by atoms with Crippen LogP contribution in [0.1, 0.15) is 51.9 Å². The molecule has 1 atom stereocenters. The molecule has 1 unspecified atom stereocenters. The summed E-state index contributed by atoms with van der Waals surface area (Å²) in [6.45, 7) is 5.57. The summed E-state index contributed by atoms with van der Waals surface area (Å²) in [5.41, 5.74) is 4.77. The minimum Gasteiger partial charge on any atom is -0.322 e. The first kappa shape index (κ1) is 25.3. The SMILES string of the molecule is CN1CCN(Cc2cccc(CC(=O)CCc3ccc4c(c3)CN(C3CCC(=O)NC3=O)C4=O)c2)CC1. The molecule has 0 bridgehead atoms. The summed E-state index contributed by atoms with van der Waals surface area (Å²) in [4.78, 5) is 55.7. The van der Waals surface area contributed by atoms with Crippen LogP contribution in [0.15, 0.2) is 42.5 Å². The van der Waals surface area contributed by atoms with Crippen molar-refractivity contribution in [3.8, 4) is 0 Å². The molecule has 2 saturated heterocycles. The van der Waals surface area contributed by atoms with Gasteiger partial charge in [0.05, 0.1) is 0 Å². The number of carbonyl (C=O) groups is 4. The molecule has 3 aliphatic rings. The van der Waals surface area contributed by atoms with E-state index < -0.39 is 11.9 Å². The second-order valence-electron chi connectivity index (χ2n) is 10.5. The fourth-order valence-electron chi connectivity index (χ4n) is 5.49. The minimum atomic E-state index is -0.616. The Bertz CT molecular complexity index is 1220. The molecular weight excluding hydrogens is 468 g/mol. The van der Waals surface area contributed by atoms with Crippen molar-refractivity contribution in [2.24, 2.45) is 0 Å². The molecule has 3 aliphatic heterocycles. The molecule has 0 aromatic heterocycles. The topological polar surface area (TPSA) is 90.0 Å². The number of ketones is 1. The Morgan fingerprint density at radius 2 is 1.76 bits per heavy atom. The maximum atomic E-state index is 12.9. The molecule has 0 radical (unpaired) electrons. The molecule has 0 aliphatic carbocycles. The van der Waals surface area contributed by atoms with Crippen LogP contribution >= 0.6 is 0 Å². The largest absolute Gasteiger partial charge is 0.322 e. The van der Waals surface area contributed by atoms with Gasteiger partial charge in [0.1, 0.15) is 11.8 Å². The van der Waals surface area contributed by atoms with Crippen molar-refractivity contribution in [2.45, 2.75) is 51.2 Å². The van der Waals surface area contributed by atoms with E-state index in [0.717, 1.165) is 49.4 Å². The van der Waals surface area contributed by atoms with Crippen LogP contribution in [-0.4, -0.2) is 77.5 Å². The number of hydrogen-bond donors (Lipinski definition) is 1. The number of hydrogen-bond acceptors (Lipinski definition) is 6. The fourth-order valence-corrected chi connectivity index (χ4v) is 5.49. The van der Waals surface area contributed by atoms with Crippen LogP contribution < -0.4 is 5.32 Å². The number of benzene rings is 2. The molecule has 2 aromatic carbocycles.